The highest BCUT2D eigenvalue weighted by molar-refractivity contribution is 5.89. The number of likely N-dealkylation sites (tertiary alicyclic amines) is 1. The van der Waals surface area contributed by atoms with E-state index in [2.05, 4.69) is 10.6 Å². The van der Waals surface area contributed by atoms with Gasteiger partial charge in [0, 0.05) is 24.8 Å². The number of urea groups is 1. The van der Waals surface area contributed by atoms with Gasteiger partial charge in [0.1, 0.15) is 5.75 Å². The number of halogens is 3. The van der Waals surface area contributed by atoms with Crippen molar-refractivity contribution in [2.45, 2.75) is 25.6 Å². The second-order valence-corrected chi connectivity index (χ2v) is 5.62. The Morgan fingerprint density at radius 3 is 2.78 bits per heavy atom. The maximum atomic E-state index is 12.3. The standard InChI is InChI=1S/C15H20F3N3O2/c1-10-7-11(3-4-13(10)23-2)19-14(22)20-12-5-6-21(8-12)9-15(16,17)18/h3-4,7,12H,5-6,8-9H2,1-2H3,(H2,19,20,22)/t12-/m0/s1. The van der Waals surface area contributed by atoms with Crippen molar-refractivity contribution < 1.29 is 22.7 Å². The number of benzene rings is 1. The van der Waals surface area contributed by atoms with Crippen molar-refractivity contribution in [1.29, 1.82) is 0 Å². The lowest BCUT2D eigenvalue weighted by atomic mass is 10.2. The molecule has 1 heterocycles. The zero-order valence-electron chi connectivity index (χ0n) is 13.0. The molecule has 1 aliphatic heterocycles. The molecule has 1 aromatic rings. The van der Waals surface area contributed by atoms with Crippen LogP contribution in [0.5, 0.6) is 5.75 Å². The molecule has 2 rings (SSSR count). The molecule has 8 heteroatoms. The van der Waals surface area contributed by atoms with Crippen LogP contribution in [-0.2, 0) is 0 Å². The Balaban J connectivity index is 1.83. The minimum atomic E-state index is -4.21. The first kappa shape index (κ1) is 17.4. The number of nitrogens with one attached hydrogen (secondary N) is 2. The van der Waals surface area contributed by atoms with Crippen LogP contribution in [0.4, 0.5) is 23.7 Å². The van der Waals surface area contributed by atoms with E-state index in [9.17, 15) is 18.0 Å². The predicted molar refractivity (Wildman–Crippen MR) is 80.8 cm³/mol. The number of anilines is 1. The van der Waals surface area contributed by atoms with Crippen LogP contribution in [-0.4, -0.2) is 49.9 Å². The highest BCUT2D eigenvalue weighted by atomic mass is 19.4. The van der Waals surface area contributed by atoms with E-state index in [1.807, 2.05) is 6.92 Å². The Morgan fingerprint density at radius 2 is 2.17 bits per heavy atom. The second-order valence-electron chi connectivity index (χ2n) is 5.62. The van der Waals surface area contributed by atoms with Crippen LogP contribution in [0.2, 0.25) is 0 Å². The van der Waals surface area contributed by atoms with E-state index in [0.717, 1.165) is 11.3 Å². The van der Waals surface area contributed by atoms with Gasteiger partial charge in [-0.15, -0.1) is 0 Å². The second kappa shape index (κ2) is 7.08. The van der Waals surface area contributed by atoms with E-state index in [1.54, 1.807) is 25.3 Å². The van der Waals surface area contributed by atoms with Crippen LogP contribution in [0.3, 0.4) is 0 Å². The van der Waals surface area contributed by atoms with Crippen molar-refractivity contribution in [2.75, 3.05) is 32.1 Å². The first-order chi connectivity index (χ1) is 10.8. The first-order valence-electron chi connectivity index (χ1n) is 7.28. The number of alkyl halides is 3. The van der Waals surface area contributed by atoms with Gasteiger partial charge in [-0.1, -0.05) is 0 Å². The third-order valence-corrected chi connectivity index (χ3v) is 3.66. The van der Waals surface area contributed by atoms with Crippen LogP contribution in [0.25, 0.3) is 0 Å². The molecule has 0 spiro atoms. The molecule has 0 saturated carbocycles. The van der Waals surface area contributed by atoms with Crippen molar-refractivity contribution >= 4 is 11.7 Å². The van der Waals surface area contributed by atoms with Crippen molar-refractivity contribution in [3.63, 3.8) is 0 Å². The van der Waals surface area contributed by atoms with Gasteiger partial charge >= 0.3 is 12.2 Å². The zero-order valence-corrected chi connectivity index (χ0v) is 13.0. The smallest absolute Gasteiger partial charge is 0.401 e. The zero-order chi connectivity index (χ0) is 17.0. The van der Waals surface area contributed by atoms with Crippen LogP contribution < -0.4 is 15.4 Å². The number of carbonyl (C=O) groups excluding carboxylic acids is 1. The van der Waals surface area contributed by atoms with E-state index < -0.39 is 18.8 Å². The minimum Gasteiger partial charge on any atom is -0.496 e. The molecule has 0 aliphatic carbocycles. The molecule has 2 amide bonds. The maximum absolute atomic E-state index is 12.3. The lowest BCUT2D eigenvalue weighted by molar-refractivity contribution is -0.143. The molecule has 5 nitrogen and oxygen atoms in total. The third kappa shape index (κ3) is 5.31. The fourth-order valence-electron chi connectivity index (χ4n) is 2.66. The molecule has 128 valence electrons. The van der Waals surface area contributed by atoms with Gasteiger partial charge in [0.2, 0.25) is 0 Å². The van der Waals surface area contributed by atoms with Gasteiger partial charge in [-0.3, -0.25) is 4.90 Å². The number of hydrogen-bond donors (Lipinski definition) is 2. The Hall–Kier alpha value is -1.96. The SMILES string of the molecule is COc1ccc(NC(=O)N[C@H]2CCN(CC(F)(F)F)C2)cc1C. The van der Waals surface area contributed by atoms with Gasteiger partial charge < -0.3 is 15.4 Å². The van der Waals surface area contributed by atoms with Crippen molar-refractivity contribution in [3.8, 4) is 5.75 Å². The van der Waals surface area contributed by atoms with Crippen LogP contribution in [0.1, 0.15) is 12.0 Å². The normalized spacial score (nSPS) is 18.7. The molecule has 0 aromatic heterocycles. The largest absolute Gasteiger partial charge is 0.496 e. The van der Waals surface area contributed by atoms with Crippen molar-refractivity contribution in [1.82, 2.24) is 10.2 Å². The number of carbonyl (C=O) groups is 1. The molecule has 0 radical (unpaired) electrons. The highest BCUT2D eigenvalue weighted by Gasteiger charge is 2.34. The van der Waals surface area contributed by atoms with Gasteiger partial charge in [-0.2, -0.15) is 13.2 Å². The molecule has 1 atom stereocenters. The fraction of sp³-hybridized carbons (Fsp3) is 0.533. The minimum absolute atomic E-state index is 0.203. The molecule has 1 aromatic carbocycles. The molecule has 2 N–H and O–H groups in total. The Labute approximate surface area is 132 Å². The number of hydrogen-bond acceptors (Lipinski definition) is 3. The first-order valence-corrected chi connectivity index (χ1v) is 7.28. The van der Waals surface area contributed by atoms with E-state index in [4.69, 9.17) is 4.74 Å². The maximum Gasteiger partial charge on any atom is 0.401 e. The summed E-state index contributed by atoms with van der Waals surface area (Å²) in [7, 11) is 1.56. The summed E-state index contributed by atoms with van der Waals surface area (Å²) >= 11 is 0. The number of ether oxygens (including phenoxy) is 1. The monoisotopic (exact) mass is 331 g/mol. The molecule has 0 unspecified atom stereocenters. The van der Waals surface area contributed by atoms with Crippen LogP contribution in [0, 0.1) is 6.92 Å². The summed E-state index contributed by atoms with van der Waals surface area (Å²) in [5.41, 5.74) is 1.48. The number of amides is 2. The summed E-state index contributed by atoms with van der Waals surface area (Å²) < 4.78 is 42.1. The van der Waals surface area contributed by atoms with E-state index in [-0.39, 0.29) is 12.6 Å². The quantitative estimate of drug-likeness (QED) is 0.892. The van der Waals surface area contributed by atoms with Gasteiger partial charge in [-0.25, -0.2) is 4.79 Å². The molecular weight excluding hydrogens is 311 g/mol. The number of rotatable bonds is 4. The number of aryl methyl sites for hydroxylation is 1. The summed E-state index contributed by atoms with van der Waals surface area (Å²) in [5.74, 6) is 0.717. The van der Waals surface area contributed by atoms with Gasteiger partial charge in [0.05, 0.1) is 13.7 Å². The molecule has 0 bridgehead atoms. The summed E-state index contributed by atoms with van der Waals surface area (Å²) in [6, 6.07) is 4.51. The molecule has 1 fully saturated rings. The van der Waals surface area contributed by atoms with E-state index in [0.29, 0.717) is 18.7 Å². The topological polar surface area (TPSA) is 53.6 Å². The average Bonchev–Trinajstić information content (AvgIpc) is 2.83. The molecular formula is C15H20F3N3O2. The van der Waals surface area contributed by atoms with Gasteiger partial charge in [0.25, 0.3) is 0 Å². The summed E-state index contributed by atoms with van der Waals surface area (Å²) in [4.78, 5) is 13.2. The van der Waals surface area contributed by atoms with E-state index in [1.165, 1.54) is 4.90 Å². The van der Waals surface area contributed by atoms with E-state index >= 15 is 0 Å². The summed E-state index contributed by atoms with van der Waals surface area (Å²) in [6.45, 7) is 1.44. The van der Waals surface area contributed by atoms with Crippen molar-refractivity contribution in [3.05, 3.63) is 23.8 Å². The predicted octanol–water partition coefficient (Wildman–Crippen LogP) is 2.76. The number of nitrogens with zero attached hydrogens (tertiary/aromatic N) is 1. The third-order valence-electron chi connectivity index (χ3n) is 3.66. The highest BCUT2D eigenvalue weighted by Crippen LogP contribution is 2.22. The van der Waals surface area contributed by atoms with Gasteiger partial charge in [-0.05, 0) is 37.1 Å². The number of methoxy groups -OCH3 is 1. The molecule has 1 saturated heterocycles. The van der Waals surface area contributed by atoms with Crippen LogP contribution in [0.15, 0.2) is 18.2 Å². The molecule has 23 heavy (non-hydrogen) atoms. The fourth-order valence-corrected chi connectivity index (χ4v) is 2.66. The van der Waals surface area contributed by atoms with Gasteiger partial charge in [0.15, 0.2) is 0 Å². The Kier molecular flexibility index (Phi) is 5.35. The summed E-state index contributed by atoms with van der Waals surface area (Å²) in [5, 5.41) is 5.38. The average molecular weight is 331 g/mol. The molecule has 1 aliphatic rings. The lowest BCUT2D eigenvalue weighted by Gasteiger charge is -2.18. The summed E-state index contributed by atoms with van der Waals surface area (Å²) in [6.07, 6.45) is -3.71. The Morgan fingerprint density at radius 1 is 1.43 bits per heavy atom. The van der Waals surface area contributed by atoms with Crippen molar-refractivity contribution in [2.24, 2.45) is 0 Å². The Bertz CT molecular complexity index is 563. The lowest BCUT2D eigenvalue weighted by Crippen LogP contribution is -2.41. The van der Waals surface area contributed by atoms with Crippen LogP contribution >= 0.6 is 0 Å².